The maximum absolute atomic E-state index is 12.6. The Morgan fingerprint density at radius 1 is 0.929 bits per heavy atom. The second-order valence-corrected chi connectivity index (χ2v) is 6.11. The number of nitrogens with one attached hydrogen (secondary N) is 3. The van der Waals surface area contributed by atoms with Crippen LogP contribution >= 0.6 is 0 Å². The molecule has 2 atom stereocenters. The first-order valence-corrected chi connectivity index (χ1v) is 8.73. The lowest BCUT2D eigenvalue weighted by atomic mass is 10.1. The van der Waals surface area contributed by atoms with E-state index in [1.54, 1.807) is 6.92 Å². The van der Waals surface area contributed by atoms with Crippen LogP contribution in [0, 0.1) is 0 Å². The molecule has 2 aromatic rings. The van der Waals surface area contributed by atoms with E-state index in [1.165, 1.54) is 5.48 Å². The second-order valence-electron chi connectivity index (χ2n) is 6.11. The van der Waals surface area contributed by atoms with E-state index in [9.17, 15) is 14.4 Å². The van der Waals surface area contributed by atoms with Crippen molar-refractivity contribution in [2.45, 2.75) is 25.6 Å². The molecular formula is C20H23N3O5. The van der Waals surface area contributed by atoms with Crippen LogP contribution in [0.15, 0.2) is 60.7 Å². The number of benzene rings is 2. The van der Waals surface area contributed by atoms with Crippen LogP contribution < -0.4 is 16.1 Å². The molecule has 8 nitrogen and oxygen atoms in total. The lowest BCUT2D eigenvalue weighted by Crippen LogP contribution is -2.53. The molecule has 0 saturated carbocycles. The Bertz CT molecular complexity index is 783. The molecule has 0 aromatic heterocycles. The molecular weight excluding hydrogens is 362 g/mol. The zero-order valence-corrected chi connectivity index (χ0v) is 15.4. The SMILES string of the molecule is C[C@H](NC(=O)[C@H](COCc1ccccc1)NC(=O)C(=O)NO)c1ccccc1. The molecule has 0 spiro atoms. The van der Waals surface area contributed by atoms with Gasteiger partial charge in [-0.2, -0.15) is 0 Å². The molecule has 0 aliphatic heterocycles. The van der Waals surface area contributed by atoms with E-state index in [4.69, 9.17) is 9.94 Å². The van der Waals surface area contributed by atoms with Crippen LogP contribution in [-0.4, -0.2) is 35.6 Å². The molecule has 4 N–H and O–H groups in total. The Labute approximate surface area is 162 Å². The molecule has 0 fully saturated rings. The van der Waals surface area contributed by atoms with Crippen LogP contribution in [0.3, 0.4) is 0 Å². The van der Waals surface area contributed by atoms with Gasteiger partial charge in [0.2, 0.25) is 5.91 Å². The number of hydrogen-bond acceptors (Lipinski definition) is 5. The van der Waals surface area contributed by atoms with Crippen LogP contribution in [0.1, 0.15) is 24.1 Å². The normalized spacial score (nSPS) is 12.5. The van der Waals surface area contributed by atoms with Crippen LogP contribution in [0.25, 0.3) is 0 Å². The summed E-state index contributed by atoms with van der Waals surface area (Å²) >= 11 is 0. The Hall–Kier alpha value is -3.23. The average molecular weight is 385 g/mol. The molecule has 0 aliphatic rings. The number of rotatable bonds is 8. The third-order valence-electron chi connectivity index (χ3n) is 3.98. The number of hydroxylamine groups is 1. The summed E-state index contributed by atoms with van der Waals surface area (Å²) in [7, 11) is 0. The van der Waals surface area contributed by atoms with Crippen LogP contribution in [0.4, 0.5) is 0 Å². The van der Waals surface area contributed by atoms with Crippen LogP contribution in [-0.2, 0) is 25.7 Å². The molecule has 148 valence electrons. The van der Waals surface area contributed by atoms with Gasteiger partial charge in [0.25, 0.3) is 0 Å². The number of amides is 3. The summed E-state index contributed by atoms with van der Waals surface area (Å²) in [5.41, 5.74) is 3.02. The monoisotopic (exact) mass is 385 g/mol. The van der Waals surface area contributed by atoms with E-state index >= 15 is 0 Å². The van der Waals surface area contributed by atoms with E-state index in [1.807, 2.05) is 60.7 Å². The van der Waals surface area contributed by atoms with E-state index in [-0.39, 0.29) is 19.3 Å². The van der Waals surface area contributed by atoms with E-state index in [0.717, 1.165) is 11.1 Å². The minimum atomic E-state index is -1.27. The van der Waals surface area contributed by atoms with Gasteiger partial charge < -0.3 is 15.4 Å². The van der Waals surface area contributed by atoms with Crippen molar-refractivity contribution < 1.29 is 24.3 Å². The summed E-state index contributed by atoms with van der Waals surface area (Å²) in [5.74, 6) is -2.92. The molecule has 0 saturated heterocycles. The summed E-state index contributed by atoms with van der Waals surface area (Å²) < 4.78 is 5.53. The molecule has 0 bridgehead atoms. The van der Waals surface area contributed by atoms with Gasteiger partial charge in [0, 0.05) is 0 Å². The standard InChI is InChI=1S/C20H23N3O5/c1-14(16-10-6-3-7-11-16)21-18(24)17(22-19(25)20(26)23-27)13-28-12-15-8-4-2-5-9-15/h2-11,14,17,27H,12-13H2,1H3,(H,21,24)(H,22,25)(H,23,26)/t14-,17-/m0/s1. The first-order valence-electron chi connectivity index (χ1n) is 8.73. The highest BCUT2D eigenvalue weighted by Crippen LogP contribution is 2.11. The maximum atomic E-state index is 12.6. The molecule has 0 heterocycles. The largest absolute Gasteiger partial charge is 0.374 e. The highest BCUT2D eigenvalue weighted by Gasteiger charge is 2.25. The number of carbonyl (C=O) groups is 3. The van der Waals surface area contributed by atoms with Crippen molar-refractivity contribution in [3.8, 4) is 0 Å². The lowest BCUT2D eigenvalue weighted by Gasteiger charge is -2.21. The van der Waals surface area contributed by atoms with Gasteiger partial charge in [0.15, 0.2) is 0 Å². The first kappa shape index (κ1) is 21.1. The molecule has 28 heavy (non-hydrogen) atoms. The smallest absolute Gasteiger partial charge is 0.332 e. The number of hydrogen-bond donors (Lipinski definition) is 4. The fourth-order valence-electron chi connectivity index (χ4n) is 2.47. The van der Waals surface area contributed by atoms with Crippen molar-refractivity contribution in [2.75, 3.05) is 6.61 Å². The predicted molar refractivity (Wildman–Crippen MR) is 101 cm³/mol. The Balaban J connectivity index is 2.00. The van der Waals surface area contributed by atoms with E-state index < -0.39 is 23.8 Å². The number of ether oxygens (including phenoxy) is 1. The molecule has 0 unspecified atom stereocenters. The fourth-order valence-corrected chi connectivity index (χ4v) is 2.47. The van der Waals surface area contributed by atoms with Crippen molar-refractivity contribution >= 4 is 17.7 Å². The summed E-state index contributed by atoms with van der Waals surface area (Å²) in [6, 6.07) is 17.2. The lowest BCUT2D eigenvalue weighted by molar-refractivity contribution is -0.145. The Morgan fingerprint density at radius 2 is 1.54 bits per heavy atom. The van der Waals surface area contributed by atoms with Crippen molar-refractivity contribution in [1.29, 1.82) is 0 Å². The van der Waals surface area contributed by atoms with Gasteiger partial charge in [-0.1, -0.05) is 60.7 Å². The van der Waals surface area contributed by atoms with Gasteiger partial charge in [-0.05, 0) is 18.1 Å². The van der Waals surface area contributed by atoms with Crippen LogP contribution in [0.2, 0.25) is 0 Å². The quantitative estimate of drug-likeness (QED) is 0.308. The minimum absolute atomic E-state index is 0.146. The van der Waals surface area contributed by atoms with Gasteiger partial charge in [-0.25, -0.2) is 5.48 Å². The molecule has 0 aliphatic carbocycles. The summed E-state index contributed by atoms with van der Waals surface area (Å²) in [6.45, 7) is 1.89. The van der Waals surface area contributed by atoms with Gasteiger partial charge in [-0.3, -0.25) is 19.6 Å². The van der Waals surface area contributed by atoms with Crippen molar-refractivity contribution in [2.24, 2.45) is 0 Å². The van der Waals surface area contributed by atoms with Gasteiger partial charge in [0.1, 0.15) is 6.04 Å². The zero-order valence-electron chi connectivity index (χ0n) is 15.4. The average Bonchev–Trinajstić information content (AvgIpc) is 2.73. The highest BCUT2D eigenvalue weighted by atomic mass is 16.5. The summed E-state index contributed by atoms with van der Waals surface area (Å²) in [6.07, 6.45) is 0. The molecule has 3 amide bonds. The topological polar surface area (TPSA) is 117 Å². The van der Waals surface area contributed by atoms with Crippen molar-refractivity contribution in [3.63, 3.8) is 0 Å². The summed E-state index contributed by atoms with van der Waals surface area (Å²) in [4.78, 5) is 35.6. The van der Waals surface area contributed by atoms with E-state index in [0.29, 0.717) is 0 Å². The minimum Gasteiger partial charge on any atom is -0.374 e. The summed E-state index contributed by atoms with van der Waals surface area (Å²) in [5, 5.41) is 13.6. The Kier molecular flexibility index (Phi) is 8.13. The van der Waals surface area contributed by atoms with Crippen molar-refractivity contribution in [1.82, 2.24) is 16.1 Å². The Morgan fingerprint density at radius 3 is 2.14 bits per heavy atom. The van der Waals surface area contributed by atoms with E-state index in [2.05, 4.69) is 10.6 Å². The highest BCUT2D eigenvalue weighted by molar-refractivity contribution is 6.35. The maximum Gasteiger partial charge on any atom is 0.332 e. The zero-order chi connectivity index (χ0) is 20.4. The third kappa shape index (κ3) is 6.49. The first-order chi connectivity index (χ1) is 13.5. The van der Waals surface area contributed by atoms with Crippen molar-refractivity contribution in [3.05, 3.63) is 71.8 Å². The number of carbonyl (C=O) groups excluding carboxylic acids is 3. The van der Waals surface area contributed by atoms with Crippen LogP contribution in [0.5, 0.6) is 0 Å². The molecule has 2 rings (SSSR count). The predicted octanol–water partition coefficient (Wildman–Crippen LogP) is 1.07. The molecule has 2 aromatic carbocycles. The molecule has 0 radical (unpaired) electrons. The van der Waals surface area contributed by atoms with Gasteiger partial charge >= 0.3 is 11.8 Å². The second kappa shape index (κ2) is 10.8. The van der Waals surface area contributed by atoms with Gasteiger partial charge in [0.05, 0.1) is 19.3 Å². The third-order valence-corrected chi connectivity index (χ3v) is 3.98. The molecule has 8 heteroatoms. The fraction of sp³-hybridized carbons (Fsp3) is 0.250. The van der Waals surface area contributed by atoms with Gasteiger partial charge in [-0.15, -0.1) is 0 Å².